The molecule has 0 saturated heterocycles. The molecule has 1 amide bonds. The zero-order valence-corrected chi connectivity index (χ0v) is 14.8. The number of rotatable bonds is 5. The summed E-state index contributed by atoms with van der Waals surface area (Å²) in [4.78, 5) is 24.6. The van der Waals surface area contributed by atoms with Crippen molar-refractivity contribution in [2.45, 2.75) is 26.4 Å². The lowest BCUT2D eigenvalue weighted by Gasteiger charge is -2.19. The lowest BCUT2D eigenvalue weighted by molar-refractivity contribution is -0.149. The number of nitrogens with one attached hydrogen (secondary N) is 1. The maximum atomic E-state index is 12.3. The van der Waals surface area contributed by atoms with Crippen LogP contribution in [0.25, 0.3) is 6.08 Å². The smallest absolute Gasteiger partial charge is 0.338 e. The van der Waals surface area contributed by atoms with E-state index < -0.39 is 12.1 Å². The van der Waals surface area contributed by atoms with E-state index in [4.69, 9.17) is 9.47 Å². The summed E-state index contributed by atoms with van der Waals surface area (Å²) >= 11 is 0. The van der Waals surface area contributed by atoms with E-state index in [1.165, 1.54) is 5.56 Å². The number of hydrogen-bond acceptors (Lipinski definition) is 4. The second-order valence-corrected chi connectivity index (χ2v) is 6.08. The summed E-state index contributed by atoms with van der Waals surface area (Å²) in [5.74, 6) is -0.200. The Labute approximate surface area is 152 Å². The number of fused-ring (bicyclic) bond motifs is 1. The fourth-order valence-corrected chi connectivity index (χ4v) is 2.59. The van der Waals surface area contributed by atoms with Gasteiger partial charge in [-0.15, -0.1) is 0 Å². The first-order valence-electron chi connectivity index (χ1n) is 8.60. The fraction of sp³-hybridized carbons (Fsp3) is 0.238. The van der Waals surface area contributed by atoms with Gasteiger partial charge in [0.1, 0.15) is 12.4 Å². The van der Waals surface area contributed by atoms with Crippen molar-refractivity contribution in [2.75, 3.05) is 11.9 Å². The molecule has 0 radical (unpaired) electrons. The predicted octanol–water partition coefficient (Wildman–Crippen LogP) is 3.60. The lowest BCUT2D eigenvalue weighted by atomic mass is 10.1. The van der Waals surface area contributed by atoms with Crippen molar-refractivity contribution in [1.82, 2.24) is 0 Å². The Morgan fingerprint density at radius 1 is 1.15 bits per heavy atom. The minimum absolute atomic E-state index is 0.128. The maximum Gasteiger partial charge on any atom is 0.338 e. The number of carbonyl (C=O) groups excluding carboxylic acids is 2. The van der Waals surface area contributed by atoms with Gasteiger partial charge in [0.25, 0.3) is 5.91 Å². The van der Waals surface area contributed by atoms with Gasteiger partial charge in [0.05, 0.1) is 5.57 Å². The second kappa shape index (κ2) is 7.87. The number of anilines is 1. The van der Waals surface area contributed by atoms with E-state index >= 15 is 0 Å². The van der Waals surface area contributed by atoms with Crippen LogP contribution >= 0.6 is 0 Å². The Balaban J connectivity index is 1.60. The van der Waals surface area contributed by atoms with E-state index in [2.05, 4.69) is 12.2 Å². The standard InChI is InChI=1S/C21H21NO4/c1-3-15-8-10-18(11-9-15)22-20(23)14(2)26-21(24)17-12-16-6-4-5-7-19(16)25-13-17/h4-12,14H,3,13H2,1-2H3,(H,22,23)/t14-/m0/s1. The lowest BCUT2D eigenvalue weighted by Crippen LogP contribution is -2.31. The van der Waals surface area contributed by atoms with Gasteiger partial charge in [-0.2, -0.15) is 0 Å². The Morgan fingerprint density at radius 3 is 2.62 bits per heavy atom. The molecule has 0 aromatic heterocycles. The van der Waals surface area contributed by atoms with Gasteiger partial charge in [0, 0.05) is 11.3 Å². The van der Waals surface area contributed by atoms with Crippen LogP contribution in [0.2, 0.25) is 0 Å². The Bertz CT molecular complexity index is 839. The first-order chi connectivity index (χ1) is 12.6. The summed E-state index contributed by atoms with van der Waals surface area (Å²) in [7, 11) is 0. The molecular weight excluding hydrogens is 330 g/mol. The summed E-state index contributed by atoms with van der Waals surface area (Å²) in [6.07, 6.45) is 1.75. The summed E-state index contributed by atoms with van der Waals surface area (Å²) in [5, 5.41) is 2.75. The highest BCUT2D eigenvalue weighted by atomic mass is 16.6. The number of carbonyl (C=O) groups is 2. The normalized spacial score (nSPS) is 13.7. The molecule has 1 atom stereocenters. The van der Waals surface area contributed by atoms with E-state index in [0.717, 1.165) is 17.7 Å². The van der Waals surface area contributed by atoms with Crippen LogP contribution in [-0.4, -0.2) is 24.6 Å². The Kier molecular flexibility index (Phi) is 5.37. The molecule has 2 aromatic rings. The van der Waals surface area contributed by atoms with Gasteiger partial charge < -0.3 is 14.8 Å². The molecule has 1 aliphatic heterocycles. The molecule has 0 saturated carbocycles. The molecule has 1 aliphatic rings. The maximum absolute atomic E-state index is 12.3. The number of ether oxygens (including phenoxy) is 2. The van der Waals surface area contributed by atoms with Gasteiger partial charge in [-0.25, -0.2) is 4.79 Å². The molecule has 5 nitrogen and oxygen atoms in total. The zero-order valence-electron chi connectivity index (χ0n) is 14.8. The van der Waals surface area contributed by atoms with Crippen LogP contribution in [0.3, 0.4) is 0 Å². The highest BCUT2D eigenvalue weighted by Gasteiger charge is 2.23. The molecule has 0 spiro atoms. The average molecular weight is 351 g/mol. The number of aryl methyl sites for hydroxylation is 1. The van der Waals surface area contributed by atoms with Crippen molar-refractivity contribution in [3.05, 3.63) is 65.2 Å². The number of amides is 1. The SMILES string of the molecule is CCc1ccc(NC(=O)[C@H](C)OC(=O)C2=Cc3ccccc3OC2)cc1. The Hall–Kier alpha value is -3.08. The van der Waals surface area contributed by atoms with Crippen LogP contribution in [0, 0.1) is 0 Å². The monoisotopic (exact) mass is 351 g/mol. The predicted molar refractivity (Wildman–Crippen MR) is 99.9 cm³/mol. The fourth-order valence-electron chi connectivity index (χ4n) is 2.59. The first kappa shape index (κ1) is 17.7. The van der Waals surface area contributed by atoms with Crippen LogP contribution in [-0.2, 0) is 20.7 Å². The summed E-state index contributed by atoms with van der Waals surface area (Å²) in [6, 6.07) is 15.0. The van der Waals surface area contributed by atoms with Crippen LogP contribution in [0.4, 0.5) is 5.69 Å². The van der Waals surface area contributed by atoms with Crippen molar-refractivity contribution in [2.24, 2.45) is 0 Å². The van der Waals surface area contributed by atoms with Crippen LogP contribution in [0.5, 0.6) is 5.75 Å². The molecule has 134 valence electrons. The van der Waals surface area contributed by atoms with Gasteiger partial charge in [-0.1, -0.05) is 37.3 Å². The zero-order chi connectivity index (χ0) is 18.5. The highest BCUT2D eigenvalue weighted by Crippen LogP contribution is 2.26. The van der Waals surface area contributed by atoms with Crippen molar-refractivity contribution < 1.29 is 19.1 Å². The molecule has 26 heavy (non-hydrogen) atoms. The van der Waals surface area contributed by atoms with Gasteiger partial charge in [0.2, 0.25) is 0 Å². The van der Waals surface area contributed by atoms with E-state index in [1.54, 1.807) is 13.0 Å². The number of benzene rings is 2. The molecule has 0 aliphatic carbocycles. The van der Waals surface area contributed by atoms with Crippen molar-refractivity contribution in [1.29, 1.82) is 0 Å². The van der Waals surface area contributed by atoms with Crippen LogP contribution in [0.1, 0.15) is 25.0 Å². The molecular formula is C21H21NO4. The minimum Gasteiger partial charge on any atom is -0.488 e. The van der Waals surface area contributed by atoms with Crippen molar-refractivity contribution in [3.8, 4) is 5.75 Å². The molecule has 5 heteroatoms. The molecule has 2 aromatic carbocycles. The molecule has 1 heterocycles. The number of esters is 1. The molecule has 0 bridgehead atoms. The van der Waals surface area contributed by atoms with Crippen LogP contribution in [0.15, 0.2) is 54.1 Å². The Morgan fingerprint density at radius 2 is 1.88 bits per heavy atom. The largest absolute Gasteiger partial charge is 0.488 e. The molecule has 1 N–H and O–H groups in total. The third-order valence-electron chi connectivity index (χ3n) is 4.18. The van der Waals surface area contributed by atoms with Crippen molar-refractivity contribution >= 4 is 23.6 Å². The minimum atomic E-state index is -0.911. The average Bonchev–Trinajstić information content (AvgIpc) is 2.68. The second-order valence-electron chi connectivity index (χ2n) is 6.08. The summed E-state index contributed by atoms with van der Waals surface area (Å²) < 4.78 is 10.8. The quantitative estimate of drug-likeness (QED) is 0.836. The number of hydrogen-bond donors (Lipinski definition) is 1. The summed E-state index contributed by atoms with van der Waals surface area (Å²) in [5.41, 5.74) is 3.06. The molecule has 3 rings (SSSR count). The highest BCUT2D eigenvalue weighted by molar-refractivity contribution is 5.99. The van der Waals surface area contributed by atoms with E-state index in [0.29, 0.717) is 11.3 Å². The van der Waals surface area contributed by atoms with E-state index in [-0.39, 0.29) is 12.5 Å². The van der Waals surface area contributed by atoms with E-state index in [1.807, 2.05) is 48.5 Å². The van der Waals surface area contributed by atoms with Crippen molar-refractivity contribution in [3.63, 3.8) is 0 Å². The summed E-state index contributed by atoms with van der Waals surface area (Å²) in [6.45, 7) is 3.74. The van der Waals surface area contributed by atoms with Crippen LogP contribution < -0.4 is 10.1 Å². The topological polar surface area (TPSA) is 64.6 Å². The number of para-hydroxylation sites is 1. The third-order valence-corrected chi connectivity index (χ3v) is 4.18. The van der Waals surface area contributed by atoms with Gasteiger partial charge in [-0.3, -0.25) is 4.79 Å². The van der Waals surface area contributed by atoms with Gasteiger partial charge in [0.15, 0.2) is 6.10 Å². The molecule has 0 fully saturated rings. The van der Waals surface area contributed by atoms with E-state index in [9.17, 15) is 9.59 Å². The first-order valence-corrected chi connectivity index (χ1v) is 8.60. The third kappa shape index (κ3) is 4.11. The van der Waals surface area contributed by atoms with Gasteiger partial charge >= 0.3 is 5.97 Å². The van der Waals surface area contributed by atoms with Gasteiger partial charge in [-0.05, 0) is 43.2 Å². The molecule has 0 unspecified atom stereocenters.